The summed E-state index contributed by atoms with van der Waals surface area (Å²) in [5.74, 6) is 2.40. The van der Waals surface area contributed by atoms with Crippen LogP contribution in [0, 0.1) is 0 Å². The summed E-state index contributed by atoms with van der Waals surface area (Å²) in [6, 6.07) is 11.4. The number of carbonyl (C=O) groups excluding carboxylic acids is 1. The van der Waals surface area contributed by atoms with Crippen LogP contribution in [-0.4, -0.2) is 70.5 Å². The Labute approximate surface area is 202 Å². The molecular weight excluding hydrogens is 456 g/mol. The van der Waals surface area contributed by atoms with Crippen molar-refractivity contribution in [1.82, 2.24) is 19.7 Å². The van der Waals surface area contributed by atoms with Crippen LogP contribution in [0.25, 0.3) is 17.3 Å². The molecule has 9 nitrogen and oxygen atoms in total. The molecule has 5 rings (SSSR count). The van der Waals surface area contributed by atoms with Crippen LogP contribution in [-0.2, 0) is 14.3 Å². The van der Waals surface area contributed by atoms with Crippen LogP contribution in [0.4, 0.5) is 0 Å². The fraction of sp³-hybridized carbons (Fsp3) is 0.458. The number of nitrogens with zero attached hydrogens (tertiary/aromatic N) is 4. The van der Waals surface area contributed by atoms with Gasteiger partial charge in [-0.1, -0.05) is 23.9 Å². The van der Waals surface area contributed by atoms with E-state index in [0.717, 1.165) is 35.9 Å². The first-order valence-corrected chi connectivity index (χ1v) is 12.5. The zero-order valence-corrected chi connectivity index (χ0v) is 20.0. The molecule has 2 aliphatic rings. The van der Waals surface area contributed by atoms with E-state index >= 15 is 0 Å². The summed E-state index contributed by atoms with van der Waals surface area (Å²) in [7, 11) is 1.64. The van der Waals surface area contributed by atoms with Crippen LogP contribution < -0.4 is 4.74 Å². The van der Waals surface area contributed by atoms with E-state index in [1.165, 1.54) is 0 Å². The molecule has 3 aromatic rings. The molecule has 0 aliphatic carbocycles. The Morgan fingerprint density at radius 2 is 1.91 bits per heavy atom. The van der Waals surface area contributed by atoms with Gasteiger partial charge in [-0.25, -0.2) is 0 Å². The first kappa shape index (κ1) is 22.9. The summed E-state index contributed by atoms with van der Waals surface area (Å²) >= 11 is 1.56. The van der Waals surface area contributed by atoms with Gasteiger partial charge in [0.25, 0.3) is 0 Å². The quantitative estimate of drug-likeness (QED) is 0.352. The summed E-state index contributed by atoms with van der Waals surface area (Å²) in [5.41, 5.74) is 0.832. The molecule has 2 fully saturated rings. The average molecular weight is 485 g/mol. The van der Waals surface area contributed by atoms with Crippen molar-refractivity contribution < 1.29 is 23.4 Å². The number of likely N-dealkylation sites (tertiary alicyclic amines) is 1. The predicted molar refractivity (Wildman–Crippen MR) is 126 cm³/mol. The number of benzene rings is 1. The fourth-order valence-electron chi connectivity index (χ4n) is 4.39. The third-order valence-corrected chi connectivity index (χ3v) is 7.17. The van der Waals surface area contributed by atoms with Gasteiger partial charge in [0.1, 0.15) is 5.75 Å². The molecule has 0 atom stereocenters. The van der Waals surface area contributed by atoms with Crippen LogP contribution in [0.15, 0.2) is 52.2 Å². The Bertz CT molecular complexity index is 1100. The van der Waals surface area contributed by atoms with Crippen LogP contribution in [0.3, 0.4) is 0 Å². The smallest absolute Gasteiger partial charge is 0.222 e. The molecule has 0 N–H and O–H groups in total. The van der Waals surface area contributed by atoms with Crippen molar-refractivity contribution in [3.05, 3.63) is 42.7 Å². The SMILES string of the molecule is COc1ccccc1-n1c(SCCCC(=O)N2CCC3(CC2)OCCO3)nnc1-c1ccco1. The molecule has 4 heterocycles. The highest BCUT2D eigenvalue weighted by Crippen LogP contribution is 2.34. The Morgan fingerprint density at radius 3 is 2.65 bits per heavy atom. The minimum absolute atomic E-state index is 0.177. The highest BCUT2D eigenvalue weighted by atomic mass is 32.2. The summed E-state index contributed by atoms with van der Waals surface area (Å²) in [4.78, 5) is 14.6. The average Bonchev–Trinajstić information content (AvgIpc) is 3.63. The van der Waals surface area contributed by atoms with E-state index in [4.69, 9.17) is 18.6 Å². The lowest BCUT2D eigenvalue weighted by Crippen LogP contribution is -2.47. The number of piperidine rings is 1. The van der Waals surface area contributed by atoms with Crippen molar-refractivity contribution in [3.8, 4) is 23.0 Å². The van der Waals surface area contributed by atoms with Crippen molar-refractivity contribution in [1.29, 1.82) is 0 Å². The molecule has 2 saturated heterocycles. The number of para-hydroxylation sites is 2. The molecule has 10 heteroatoms. The first-order chi connectivity index (χ1) is 16.7. The number of rotatable bonds is 8. The van der Waals surface area contributed by atoms with E-state index in [1.807, 2.05) is 45.9 Å². The van der Waals surface area contributed by atoms with Crippen LogP contribution >= 0.6 is 11.8 Å². The topological polar surface area (TPSA) is 91.9 Å². The van der Waals surface area contributed by atoms with E-state index in [1.54, 1.807) is 25.1 Å². The van der Waals surface area contributed by atoms with Gasteiger partial charge in [0, 0.05) is 38.1 Å². The van der Waals surface area contributed by atoms with Crippen LogP contribution in [0.5, 0.6) is 5.75 Å². The lowest BCUT2D eigenvalue weighted by Gasteiger charge is -2.37. The van der Waals surface area contributed by atoms with E-state index in [-0.39, 0.29) is 5.91 Å². The number of furan rings is 1. The molecular formula is C24H28N4O5S. The van der Waals surface area contributed by atoms with Crippen LogP contribution in [0.1, 0.15) is 25.7 Å². The second kappa shape index (κ2) is 10.2. The summed E-state index contributed by atoms with van der Waals surface area (Å²) in [5, 5.41) is 9.51. The zero-order valence-electron chi connectivity index (χ0n) is 19.1. The molecule has 0 bridgehead atoms. The summed E-state index contributed by atoms with van der Waals surface area (Å²) in [6.07, 6.45) is 4.33. The van der Waals surface area contributed by atoms with E-state index in [0.29, 0.717) is 50.1 Å². The highest BCUT2D eigenvalue weighted by molar-refractivity contribution is 7.99. The van der Waals surface area contributed by atoms with Gasteiger partial charge in [-0.05, 0) is 30.7 Å². The van der Waals surface area contributed by atoms with Gasteiger partial charge in [0.15, 0.2) is 16.7 Å². The Kier molecular flexibility index (Phi) is 6.89. The van der Waals surface area contributed by atoms with Gasteiger partial charge in [-0.2, -0.15) is 0 Å². The summed E-state index contributed by atoms with van der Waals surface area (Å²) < 4.78 is 24.6. The standard InChI is InChI=1S/C24H28N4O5S/c1-30-19-7-3-2-6-18(19)28-22(20-8-4-14-31-20)25-26-23(28)34-17-5-9-21(29)27-12-10-24(11-13-27)32-15-16-33-24/h2-4,6-8,14H,5,9-13,15-17H2,1H3. The first-order valence-electron chi connectivity index (χ1n) is 11.5. The lowest BCUT2D eigenvalue weighted by atomic mass is 10.0. The van der Waals surface area contributed by atoms with E-state index in [9.17, 15) is 4.79 Å². The lowest BCUT2D eigenvalue weighted by molar-refractivity contribution is -0.187. The van der Waals surface area contributed by atoms with E-state index < -0.39 is 5.79 Å². The normalized spacial score (nSPS) is 17.4. The van der Waals surface area contributed by atoms with Gasteiger partial charge in [0.2, 0.25) is 11.7 Å². The Hall–Kier alpha value is -2.82. The minimum Gasteiger partial charge on any atom is -0.495 e. The summed E-state index contributed by atoms with van der Waals surface area (Å²) in [6.45, 7) is 2.65. The molecule has 0 unspecified atom stereocenters. The largest absolute Gasteiger partial charge is 0.495 e. The molecule has 0 saturated carbocycles. The van der Waals surface area contributed by atoms with Crippen molar-refractivity contribution in [2.75, 3.05) is 39.2 Å². The second-order valence-electron chi connectivity index (χ2n) is 8.23. The third-order valence-electron chi connectivity index (χ3n) is 6.16. The molecule has 1 aromatic carbocycles. The molecule has 1 amide bonds. The number of amides is 1. The number of methoxy groups -OCH3 is 1. The van der Waals surface area contributed by atoms with Crippen molar-refractivity contribution in [3.63, 3.8) is 0 Å². The maximum absolute atomic E-state index is 12.7. The van der Waals surface area contributed by atoms with E-state index in [2.05, 4.69) is 10.2 Å². The minimum atomic E-state index is -0.457. The molecule has 34 heavy (non-hydrogen) atoms. The fourth-order valence-corrected chi connectivity index (χ4v) is 5.27. The van der Waals surface area contributed by atoms with Crippen molar-refractivity contribution in [2.24, 2.45) is 0 Å². The van der Waals surface area contributed by atoms with Gasteiger partial charge in [-0.3, -0.25) is 9.36 Å². The maximum atomic E-state index is 12.7. The van der Waals surface area contributed by atoms with Crippen molar-refractivity contribution >= 4 is 17.7 Å². The third kappa shape index (κ3) is 4.70. The molecule has 180 valence electrons. The molecule has 2 aromatic heterocycles. The second-order valence-corrected chi connectivity index (χ2v) is 9.29. The number of hydrogen-bond donors (Lipinski definition) is 0. The van der Waals surface area contributed by atoms with Gasteiger partial charge in [0.05, 0.1) is 32.3 Å². The molecule has 2 aliphatic heterocycles. The Balaban J connectivity index is 1.22. The van der Waals surface area contributed by atoms with Gasteiger partial charge in [-0.15, -0.1) is 10.2 Å². The zero-order chi connectivity index (χ0) is 23.4. The van der Waals surface area contributed by atoms with Crippen molar-refractivity contribution in [2.45, 2.75) is 36.6 Å². The molecule has 0 radical (unpaired) electrons. The number of thioether (sulfide) groups is 1. The predicted octanol–water partition coefficient (Wildman–Crippen LogP) is 3.77. The monoisotopic (exact) mass is 484 g/mol. The Morgan fingerprint density at radius 1 is 1.12 bits per heavy atom. The number of aromatic nitrogens is 3. The van der Waals surface area contributed by atoms with Crippen LogP contribution in [0.2, 0.25) is 0 Å². The van der Waals surface area contributed by atoms with Gasteiger partial charge >= 0.3 is 0 Å². The molecule has 1 spiro atoms. The highest BCUT2D eigenvalue weighted by Gasteiger charge is 2.40. The maximum Gasteiger partial charge on any atom is 0.222 e. The number of carbonyl (C=O) groups is 1. The van der Waals surface area contributed by atoms with Gasteiger partial charge < -0.3 is 23.5 Å². The number of ether oxygens (including phenoxy) is 3. The number of hydrogen-bond acceptors (Lipinski definition) is 8.